The highest BCUT2D eigenvalue weighted by atomic mass is 16.2. The Bertz CT molecular complexity index is 766. The van der Waals surface area contributed by atoms with Gasteiger partial charge in [0.1, 0.15) is 11.6 Å². The lowest BCUT2D eigenvalue weighted by atomic mass is 10.2. The van der Waals surface area contributed by atoms with E-state index in [-0.39, 0.29) is 12.3 Å². The molecule has 0 bridgehead atoms. The molecule has 1 fully saturated rings. The zero-order valence-corrected chi connectivity index (χ0v) is 14.1. The van der Waals surface area contributed by atoms with E-state index in [4.69, 9.17) is 0 Å². The molecule has 0 unspecified atom stereocenters. The van der Waals surface area contributed by atoms with E-state index >= 15 is 0 Å². The van der Waals surface area contributed by atoms with E-state index in [1.165, 1.54) is 0 Å². The monoisotopic (exact) mass is 326 g/mol. The lowest BCUT2D eigenvalue weighted by Crippen LogP contribution is -2.37. The number of amides is 1. The molecule has 2 aliphatic rings. The average Bonchev–Trinajstić information content (AvgIpc) is 3.35. The van der Waals surface area contributed by atoms with Crippen molar-refractivity contribution in [2.24, 2.45) is 7.05 Å². The number of likely N-dealkylation sites (N-methyl/N-ethyl adjacent to an activating group) is 1. The van der Waals surface area contributed by atoms with Crippen LogP contribution < -0.4 is 4.90 Å². The molecular weight excluding hydrogens is 304 g/mol. The van der Waals surface area contributed by atoms with Gasteiger partial charge in [0.15, 0.2) is 5.82 Å². The summed E-state index contributed by atoms with van der Waals surface area (Å²) in [6.07, 6.45) is 4.33. The van der Waals surface area contributed by atoms with E-state index in [1.54, 1.807) is 15.8 Å². The van der Waals surface area contributed by atoms with Crippen molar-refractivity contribution >= 4 is 11.7 Å². The van der Waals surface area contributed by atoms with Crippen LogP contribution in [0.3, 0.4) is 0 Å². The highest BCUT2D eigenvalue weighted by Gasteiger charge is 2.30. The van der Waals surface area contributed by atoms with Crippen LogP contribution in [-0.4, -0.2) is 50.7 Å². The van der Waals surface area contributed by atoms with Crippen LogP contribution in [0.4, 0.5) is 5.82 Å². The van der Waals surface area contributed by atoms with Crippen LogP contribution in [0.1, 0.15) is 36.0 Å². The van der Waals surface area contributed by atoms with Gasteiger partial charge < -0.3 is 4.90 Å². The predicted octanol–water partition coefficient (Wildman–Crippen LogP) is 1.11. The van der Waals surface area contributed by atoms with Gasteiger partial charge in [0.25, 0.3) is 0 Å². The molecule has 0 aromatic carbocycles. The topological polar surface area (TPSA) is 67.2 Å². The molecule has 2 aromatic rings. The number of carbonyl (C=O) groups is 1. The summed E-state index contributed by atoms with van der Waals surface area (Å²) in [6, 6.07) is 3.96. The Balaban J connectivity index is 1.57. The molecule has 0 saturated heterocycles. The molecule has 1 aliphatic carbocycles. The summed E-state index contributed by atoms with van der Waals surface area (Å²) in [4.78, 5) is 26.0. The summed E-state index contributed by atoms with van der Waals surface area (Å²) < 4.78 is 1.74. The Morgan fingerprint density at radius 1 is 1.29 bits per heavy atom. The van der Waals surface area contributed by atoms with Crippen molar-refractivity contribution in [3.8, 4) is 0 Å². The van der Waals surface area contributed by atoms with Gasteiger partial charge in [-0.2, -0.15) is 5.10 Å². The second-order valence-electron chi connectivity index (χ2n) is 6.73. The minimum Gasteiger partial charge on any atom is -0.300 e. The number of nitrogens with zero attached hydrogens (tertiary/aromatic N) is 6. The van der Waals surface area contributed by atoms with E-state index in [0.717, 1.165) is 49.0 Å². The molecule has 24 heavy (non-hydrogen) atoms. The number of aryl methyl sites for hydroxylation is 1. The van der Waals surface area contributed by atoms with Crippen LogP contribution in [-0.2, 0) is 24.8 Å². The van der Waals surface area contributed by atoms with Gasteiger partial charge in [0, 0.05) is 44.4 Å². The molecule has 0 radical (unpaired) electrons. The summed E-state index contributed by atoms with van der Waals surface area (Å²) in [6.45, 7) is 2.28. The van der Waals surface area contributed by atoms with Crippen molar-refractivity contribution in [3.05, 3.63) is 35.5 Å². The maximum absolute atomic E-state index is 12.9. The van der Waals surface area contributed by atoms with Crippen molar-refractivity contribution in [1.82, 2.24) is 24.6 Å². The summed E-state index contributed by atoms with van der Waals surface area (Å²) in [5, 5.41) is 4.46. The number of rotatable bonds is 3. The van der Waals surface area contributed by atoms with E-state index in [2.05, 4.69) is 27.0 Å². The zero-order chi connectivity index (χ0) is 16.7. The Labute approximate surface area is 141 Å². The quantitative estimate of drug-likeness (QED) is 0.845. The lowest BCUT2D eigenvalue weighted by molar-refractivity contribution is -0.118. The molecule has 0 N–H and O–H groups in total. The first-order chi connectivity index (χ1) is 11.6. The number of pyridine rings is 1. The van der Waals surface area contributed by atoms with Gasteiger partial charge in [0.05, 0.1) is 6.42 Å². The highest BCUT2D eigenvalue weighted by Crippen LogP contribution is 2.38. The third-order valence-corrected chi connectivity index (χ3v) is 4.69. The molecule has 2 aromatic heterocycles. The SMILES string of the molecule is CN1CCN(C(=O)Cc2nc(C3CC3)nn2C)c2ncccc2C1. The average molecular weight is 326 g/mol. The maximum atomic E-state index is 12.9. The van der Waals surface area contributed by atoms with Crippen LogP contribution in [0.25, 0.3) is 0 Å². The first-order valence-electron chi connectivity index (χ1n) is 8.44. The Hall–Kier alpha value is -2.28. The number of hydrogen-bond acceptors (Lipinski definition) is 5. The Morgan fingerprint density at radius 3 is 2.92 bits per heavy atom. The van der Waals surface area contributed by atoms with E-state index in [1.807, 2.05) is 19.2 Å². The van der Waals surface area contributed by atoms with Gasteiger partial charge in [-0.15, -0.1) is 0 Å². The first-order valence-corrected chi connectivity index (χ1v) is 8.44. The number of hydrogen-bond donors (Lipinski definition) is 0. The van der Waals surface area contributed by atoms with Crippen molar-refractivity contribution in [2.45, 2.75) is 31.7 Å². The molecule has 126 valence electrons. The van der Waals surface area contributed by atoms with Gasteiger partial charge in [0.2, 0.25) is 5.91 Å². The van der Waals surface area contributed by atoms with Crippen molar-refractivity contribution in [1.29, 1.82) is 0 Å². The minimum absolute atomic E-state index is 0.0306. The third-order valence-electron chi connectivity index (χ3n) is 4.69. The molecular formula is C17H22N6O. The molecule has 0 atom stereocenters. The first kappa shape index (κ1) is 15.3. The normalized spacial score (nSPS) is 18.3. The van der Waals surface area contributed by atoms with Crippen LogP contribution in [0.2, 0.25) is 0 Å². The summed E-state index contributed by atoms with van der Waals surface area (Å²) in [5.74, 6) is 2.92. The van der Waals surface area contributed by atoms with Crippen LogP contribution in [0, 0.1) is 0 Å². The molecule has 7 nitrogen and oxygen atoms in total. The Morgan fingerprint density at radius 2 is 2.12 bits per heavy atom. The highest BCUT2D eigenvalue weighted by molar-refractivity contribution is 5.94. The Kier molecular flexibility index (Phi) is 3.80. The number of fused-ring (bicyclic) bond motifs is 1. The van der Waals surface area contributed by atoms with Gasteiger partial charge in [-0.3, -0.25) is 14.4 Å². The standard InChI is InChI=1S/C17H22N6O/c1-21-8-9-23(17-13(11-21)4-3-7-18-17)15(24)10-14-19-16(12-5-6-12)20-22(14)2/h3-4,7,12H,5-6,8-11H2,1-2H3. The van der Waals surface area contributed by atoms with Crippen molar-refractivity contribution in [2.75, 3.05) is 25.0 Å². The maximum Gasteiger partial charge on any atom is 0.235 e. The smallest absolute Gasteiger partial charge is 0.235 e. The molecule has 7 heteroatoms. The third kappa shape index (κ3) is 2.91. The largest absolute Gasteiger partial charge is 0.300 e. The zero-order valence-electron chi connectivity index (χ0n) is 14.1. The molecule has 3 heterocycles. The lowest BCUT2D eigenvalue weighted by Gasteiger charge is -2.21. The van der Waals surface area contributed by atoms with Crippen LogP contribution in [0.15, 0.2) is 18.3 Å². The second kappa shape index (κ2) is 5.98. The summed E-state index contributed by atoms with van der Waals surface area (Å²) in [7, 11) is 3.93. The minimum atomic E-state index is 0.0306. The molecule has 1 saturated carbocycles. The molecule has 1 aliphatic heterocycles. The summed E-state index contributed by atoms with van der Waals surface area (Å²) >= 11 is 0. The predicted molar refractivity (Wildman–Crippen MR) is 89.6 cm³/mol. The van der Waals surface area contributed by atoms with E-state index in [9.17, 15) is 4.79 Å². The van der Waals surface area contributed by atoms with Gasteiger partial charge in [-0.25, -0.2) is 9.97 Å². The number of carbonyl (C=O) groups excluding carboxylic acids is 1. The van der Waals surface area contributed by atoms with Crippen LogP contribution in [0.5, 0.6) is 0 Å². The summed E-state index contributed by atoms with van der Waals surface area (Å²) in [5.41, 5.74) is 1.09. The molecule has 1 amide bonds. The fourth-order valence-electron chi connectivity index (χ4n) is 3.12. The van der Waals surface area contributed by atoms with Gasteiger partial charge >= 0.3 is 0 Å². The van der Waals surface area contributed by atoms with Gasteiger partial charge in [-0.05, 0) is 26.0 Å². The molecule has 4 rings (SSSR count). The molecule has 0 spiro atoms. The fraction of sp³-hybridized carbons (Fsp3) is 0.529. The van der Waals surface area contributed by atoms with Crippen molar-refractivity contribution in [3.63, 3.8) is 0 Å². The van der Waals surface area contributed by atoms with Crippen molar-refractivity contribution < 1.29 is 4.79 Å². The second-order valence-corrected chi connectivity index (χ2v) is 6.73. The van der Waals surface area contributed by atoms with E-state index < -0.39 is 0 Å². The number of aromatic nitrogens is 4. The van der Waals surface area contributed by atoms with Gasteiger partial charge in [-0.1, -0.05) is 6.07 Å². The van der Waals surface area contributed by atoms with E-state index in [0.29, 0.717) is 12.5 Å². The number of anilines is 1. The van der Waals surface area contributed by atoms with Crippen LogP contribution >= 0.6 is 0 Å². The fourth-order valence-corrected chi connectivity index (χ4v) is 3.12.